The topological polar surface area (TPSA) is 54.0 Å². The second kappa shape index (κ2) is 6.34. The third-order valence-electron chi connectivity index (χ3n) is 2.57. The van der Waals surface area contributed by atoms with Gasteiger partial charge < -0.3 is 10.6 Å². The first-order valence-corrected chi connectivity index (χ1v) is 6.45. The Bertz CT molecular complexity index is 634. The molecule has 2 rings (SSSR count). The summed E-state index contributed by atoms with van der Waals surface area (Å²) in [7, 11) is 0. The maximum absolute atomic E-state index is 13.7. The summed E-state index contributed by atoms with van der Waals surface area (Å²) in [6.07, 6.45) is 1.52. The zero-order chi connectivity index (χ0) is 14.5. The van der Waals surface area contributed by atoms with E-state index in [1.54, 1.807) is 18.2 Å². The van der Waals surface area contributed by atoms with Crippen molar-refractivity contribution in [3.63, 3.8) is 0 Å². The minimum absolute atomic E-state index is 0.0261. The fourth-order valence-corrected chi connectivity index (χ4v) is 1.83. The highest BCUT2D eigenvalue weighted by molar-refractivity contribution is 6.31. The summed E-state index contributed by atoms with van der Waals surface area (Å²) in [5.41, 5.74) is 1.00. The van der Waals surface area contributed by atoms with Gasteiger partial charge >= 0.3 is 0 Å². The molecule has 0 fully saturated rings. The molecule has 0 radical (unpaired) electrons. The molecule has 4 nitrogen and oxygen atoms in total. The molecule has 0 spiro atoms. The van der Waals surface area contributed by atoms with Crippen LogP contribution in [0.15, 0.2) is 36.5 Å². The van der Waals surface area contributed by atoms with Crippen LogP contribution < -0.4 is 10.6 Å². The Morgan fingerprint density at radius 3 is 2.95 bits per heavy atom. The van der Waals surface area contributed by atoms with Gasteiger partial charge in [-0.3, -0.25) is 9.78 Å². The van der Waals surface area contributed by atoms with Gasteiger partial charge in [-0.05, 0) is 31.2 Å². The van der Waals surface area contributed by atoms with E-state index < -0.39 is 11.7 Å². The Kier molecular flexibility index (Phi) is 4.53. The van der Waals surface area contributed by atoms with E-state index in [-0.39, 0.29) is 16.4 Å². The van der Waals surface area contributed by atoms with Crippen molar-refractivity contribution in [1.82, 2.24) is 4.98 Å². The van der Waals surface area contributed by atoms with Crippen LogP contribution in [0.3, 0.4) is 0 Å². The number of amides is 1. The van der Waals surface area contributed by atoms with Crippen LogP contribution in [0.2, 0.25) is 5.02 Å². The first-order valence-electron chi connectivity index (χ1n) is 6.07. The Morgan fingerprint density at radius 1 is 1.40 bits per heavy atom. The second-order valence-electron chi connectivity index (χ2n) is 4.02. The summed E-state index contributed by atoms with van der Waals surface area (Å²) in [6.45, 7) is 2.68. The van der Waals surface area contributed by atoms with Gasteiger partial charge in [0, 0.05) is 18.4 Å². The lowest BCUT2D eigenvalue weighted by Crippen LogP contribution is -2.15. The van der Waals surface area contributed by atoms with Gasteiger partial charge in [-0.2, -0.15) is 0 Å². The number of hydrogen-bond donors (Lipinski definition) is 2. The SMILES string of the molecule is CCNc1ccnc(C(=O)Nc2cccc(Cl)c2F)c1. The molecule has 1 aromatic carbocycles. The van der Waals surface area contributed by atoms with Gasteiger partial charge in [-0.25, -0.2) is 4.39 Å². The number of pyridine rings is 1. The normalized spacial score (nSPS) is 10.2. The van der Waals surface area contributed by atoms with Crippen LogP contribution in [-0.2, 0) is 0 Å². The molecule has 1 amide bonds. The minimum Gasteiger partial charge on any atom is -0.385 e. The number of nitrogens with one attached hydrogen (secondary N) is 2. The van der Waals surface area contributed by atoms with Gasteiger partial charge in [0.15, 0.2) is 5.82 Å². The highest BCUT2D eigenvalue weighted by Crippen LogP contribution is 2.22. The van der Waals surface area contributed by atoms with Crippen molar-refractivity contribution in [2.75, 3.05) is 17.2 Å². The zero-order valence-corrected chi connectivity index (χ0v) is 11.5. The highest BCUT2D eigenvalue weighted by atomic mass is 35.5. The number of anilines is 2. The van der Waals surface area contributed by atoms with Crippen molar-refractivity contribution in [3.8, 4) is 0 Å². The molecule has 0 aliphatic carbocycles. The van der Waals surface area contributed by atoms with E-state index in [0.717, 1.165) is 12.2 Å². The van der Waals surface area contributed by atoms with E-state index >= 15 is 0 Å². The van der Waals surface area contributed by atoms with Crippen LogP contribution in [-0.4, -0.2) is 17.4 Å². The first kappa shape index (κ1) is 14.3. The summed E-state index contributed by atoms with van der Waals surface area (Å²) in [6, 6.07) is 7.76. The van der Waals surface area contributed by atoms with Crippen molar-refractivity contribution in [2.45, 2.75) is 6.92 Å². The Morgan fingerprint density at radius 2 is 2.20 bits per heavy atom. The Hall–Kier alpha value is -2.14. The molecule has 0 saturated carbocycles. The summed E-state index contributed by atoms with van der Waals surface area (Å²) in [4.78, 5) is 16.0. The fraction of sp³-hybridized carbons (Fsp3) is 0.143. The molecule has 1 heterocycles. The van der Waals surface area contributed by atoms with E-state index in [1.165, 1.54) is 18.3 Å². The molecule has 0 saturated heterocycles. The molecule has 104 valence electrons. The molecule has 0 unspecified atom stereocenters. The summed E-state index contributed by atoms with van der Waals surface area (Å²) in [5.74, 6) is -1.16. The van der Waals surface area contributed by atoms with Crippen molar-refractivity contribution >= 4 is 28.9 Å². The largest absolute Gasteiger partial charge is 0.385 e. The lowest BCUT2D eigenvalue weighted by molar-refractivity contribution is 0.102. The maximum Gasteiger partial charge on any atom is 0.274 e. The van der Waals surface area contributed by atoms with Crippen molar-refractivity contribution in [1.29, 1.82) is 0 Å². The number of aromatic nitrogens is 1. The number of hydrogen-bond acceptors (Lipinski definition) is 3. The standard InChI is InChI=1S/C14H13ClFN3O/c1-2-17-9-6-7-18-12(8-9)14(20)19-11-5-3-4-10(15)13(11)16/h3-8H,2H2,1H3,(H,17,18)(H,19,20). The average Bonchev–Trinajstić information content (AvgIpc) is 2.44. The third-order valence-corrected chi connectivity index (χ3v) is 2.87. The van der Waals surface area contributed by atoms with E-state index in [2.05, 4.69) is 15.6 Å². The molecule has 1 aromatic heterocycles. The van der Waals surface area contributed by atoms with E-state index in [0.29, 0.717) is 0 Å². The van der Waals surface area contributed by atoms with Crippen LogP contribution in [0, 0.1) is 5.82 Å². The third kappa shape index (κ3) is 3.24. The summed E-state index contributed by atoms with van der Waals surface area (Å²) < 4.78 is 13.7. The molecular weight excluding hydrogens is 281 g/mol. The number of benzene rings is 1. The number of rotatable bonds is 4. The van der Waals surface area contributed by atoms with E-state index in [1.807, 2.05) is 6.92 Å². The van der Waals surface area contributed by atoms with Crippen LogP contribution in [0.1, 0.15) is 17.4 Å². The average molecular weight is 294 g/mol. The predicted octanol–water partition coefficient (Wildman–Crippen LogP) is 3.56. The zero-order valence-electron chi connectivity index (χ0n) is 10.8. The predicted molar refractivity (Wildman–Crippen MR) is 77.8 cm³/mol. The molecule has 0 atom stereocenters. The van der Waals surface area contributed by atoms with E-state index in [4.69, 9.17) is 11.6 Å². The highest BCUT2D eigenvalue weighted by Gasteiger charge is 2.12. The van der Waals surface area contributed by atoms with Gasteiger partial charge in [-0.1, -0.05) is 17.7 Å². The maximum atomic E-state index is 13.7. The van der Waals surface area contributed by atoms with Gasteiger partial charge in [0.25, 0.3) is 5.91 Å². The lowest BCUT2D eigenvalue weighted by Gasteiger charge is -2.08. The molecule has 0 aliphatic heterocycles. The molecule has 0 bridgehead atoms. The molecule has 6 heteroatoms. The second-order valence-corrected chi connectivity index (χ2v) is 4.42. The Labute approximate surface area is 121 Å². The number of carbonyl (C=O) groups is 1. The fourth-order valence-electron chi connectivity index (χ4n) is 1.66. The van der Waals surface area contributed by atoms with Gasteiger partial charge in [0.1, 0.15) is 5.69 Å². The molecule has 0 aliphatic rings. The van der Waals surface area contributed by atoms with Crippen LogP contribution in [0.25, 0.3) is 0 Å². The minimum atomic E-state index is -0.662. The summed E-state index contributed by atoms with van der Waals surface area (Å²) in [5, 5.41) is 5.48. The van der Waals surface area contributed by atoms with Crippen LogP contribution >= 0.6 is 11.6 Å². The number of halogens is 2. The van der Waals surface area contributed by atoms with Gasteiger partial charge in [0.2, 0.25) is 0 Å². The molecule has 2 aromatic rings. The number of nitrogens with zero attached hydrogens (tertiary/aromatic N) is 1. The van der Waals surface area contributed by atoms with Crippen LogP contribution in [0.5, 0.6) is 0 Å². The monoisotopic (exact) mass is 293 g/mol. The molecular formula is C14H13ClFN3O. The number of carbonyl (C=O) groups excluding carboxylic acids is 1. The smallest absolute Gasteiger partial charge is 0.274 e. The summed E-state index contributed by atoms with van der Waals surface area (Å²) >= 11 is 5.66. The van der Waals surface area contributed by atoms with Crippen LogP contribution in [0.4, 0.5) is 15.8 Å². The van der Waals surface area contributed by atoms with Crippen molar-refractivity contribution < 1.29 is 9.18 Å². The van der Waals surface area contributed by atoms with Gasteiger partial charge in [-0.15, -0.1) is 0 Å². The van der Waals surface area contributed by atoms with Crippen molar-refractivity contribution in [2.24, 2.45) is 0 Å². The quantitative estimate of drug-likeness (QED) is 0.906. The lowest BCUT2D eigenvalue weighted by atomic mass is 10.2. The van der Waals surface area contributed by atoms with E-state index in [9.17, 15) is 9.18 Å². The first-order chi connectivity index (χ1) is 9.61. The van der Waals surface area contributed by atoms with Crippen molar-refractivity contribution in [3.05, 3.63) is 53.1 Å². The van der Waals surface area contributed by atoms with Gasteiger partial charge in [0.05, 0.1) is 10.7 Å². The Balaban J connectivity index is 2.19. The molecule has 20 heavy (non-hydrogen) atoms. The molecule has 2 N–H and O–H groups in total.